The molecule has 0 saturated carbocycles. The van der Waals surface area contributed by atoms with Crippen molar-refractivity contribution in [3.8, 4) is 0 Å². The van der Waals surface area contributed by atoms with Crippen LogP contribution < -0.4 is 5.73 Å². The second-order valence-electron chi connectivity index (χ2n) is 4.72. The van der Waals surface area contributed by atoms with Crippen molar-refractivity contribution in [2.75, 3.05) is 18.9 Å². The molecule has 0 aromatic heterocycles. The van der Waals surface area contributed by atoms with Gasteiger partial charge in [0.05, 0.1) is 6.04 Å². The summed E-state index contributed by atoms with van der Waals surface area (Å²) >= 11 is 0. The van der Waals surface area contributed by atoms with Gasteiger partial charge in [-0.2, -0.15) is 0 Å². The molecule has 1 fully saturated rings. The second-order valence-corrected chi connectivity index (χ2v) is 4.72. The molecule has 0 radical (unpaired) electrons. The summed E-state index contributed by atoms with van der Waals surface area (Å²) in [6, 6.07) is 7.96. The Morgan fingerprint density at radius 2 is 2.11 bits per heavy atom. The topological polar surface area (TPSA) is 55.6 Å². The summed E-state index contributed by atoms with van der Waals surface area (Å²) < 4.78 is 5.13. The van der Waals surface area contributed by atoms with E-state index >= 15 is 0 Å². The van der Waals surface area contributed by atoms with Gasteiger partial charge in [0.1, 0.15) is 6.61 Å². The van der Waals surface area contributed by atoms with Crippen LogP contribution in [0.4, 0.5) is 10.5 Å². The van der Waals surface area contributed by atoms with Crippen molar-refractivity contribution < 1.29 is 9.53 Å². The lowest BCUT2D eigenvalue weighted by Crippen LogP contribution is -2.35. The highest BCUT2D eigenvalue weighted by Gasteiger charge is 2.32. The van der Waals surface area contributed by atoms with E-state index < -0.39 is 0 Å². The van der Waals surface area contributed by atoms with Gasteiger partial charge in [-0.25, -0.2) is 4.79 Å². The van der Waals surface area contributed by atoms with Crippen LogP contribution in [0.1, 0.15) is 25.3 Å². The number of unbranched alkanes of at least 4 members (excludes halogenated alkanes) is 1. The number of hydrogen-bond acceptors (Lipinski definition) is 3. The first-order chi connectivity index (χ1) is 8.70. The zero-order chi connectivity index (χ0) is 13.0. The maximum Gasteiger partial charge on any atom is 0.410 e. The zero-order valence-electron chi connectivity index (χ0n) is 10.8. The summed E-state index contributed by atoms with van der Waals surface area (Å²) in [6.07, 6.45) is 2.76. The summed E-state index contributed by atoms with van der Waals surface area (Å²) in [5.41, 5.74) is 7.61. The average Bonchev–Trinajstić information content (AvgIpc) is 2.71. The van der Waals surface area contributed by atoms with Crippen molar-refractivity contribution in [3.63, 3.8) is 0 Å². The standard InChI is InChI=1S/C14H20N2O2/c1-2-3-8-16-13(10-18-14(16)17)9-11-4-6-12(15)7-5-11/h4-7,13H,2-3,8-10,15H2,1H3/t13-/m1/s1. The van der Waals surface area contributed by atoms with E-state index in [9.17, 15) is 4.79 Å². The second kappa shape index (κ2) is 5.76. The molecule has 18 heavy (non-hydrogen) atoms. The Bertz CT molecular complexity index is 403. The molecule has 2 N–H and O–H groups in total. The predicted molar refractivity (Wildman–Crippen MR) is 71.3 cm³/mol. The minimum atomic E-state index is -0.177. The number of ether oxygens (including phenoxy) is 1. The normalized spacial score (nSPS) is 19.1. The smallest absolute Gasteiger partial charge is 0.410 e. The van der Waals surface area contributed by atoms with Crippen LogP contribution in [0, 0.1) is 0 Å². The lowest BCUT2D eigenvalue weighted by molar-refractivity contribution is 0.157. The maximum absolute atomic E-state index is 11.6. The van der Waals surface area contributed by atoms with Gasteiger partial charge in [0.15, 0.2) is 0 Å². The Labute approximate surface area is 108 Å². The summed E-state index contributed by atoms with van der Waals surface area (Å²) in [6.45, 7) is 3.40. The number of nitrogens with two attached hydrogens (primary N) is 1. The molecule has 2 rings (SSSR count). The van der Waals surface area contributed by atoms with Gasteiger partial charge < -0.3 is 15.4 Å². The molecule has 1 heterocycles. The molecular weight excluding hydrogens is 228 g/mol. The third-order valence-corrected chi connectivity index (χ3v) is 3.28. The summed E-state index contributed by atoms with van der Waals surface area (Å²) in [5.74, 6) is 0. The Morgan fingerprint density at radius 1 is 1.39 bits per heavy atom. The van der Waals surface area contributed by atoms with Gasteiger partial charge in [-0.1, -0.05) is 25.5 Å². The molecule has 1 amide bonds. The molecule has 0 aliphatic carbocycles. The number of nitrogens with zero attached hydrogens (tertiary/aromatic N) is 1. The lowest BCUT2D eigenvalue weighted by atomic mass is 10.1. The van der Waals surface area contributed by atoms with Crippen LogP contribution in [0.2, 0.25) is 0 Å². The molecule has 4 nitrogen and oxygen atoms in total. The van der Waals surface area contributed by atoms with Crippen molar-refractivity contribution >= 4 is 11.8 Å². The molecule has 1 aliphatic heterocycles. The van der Waals surface area contributed by atoms with Gasteiger partial charge in [0, 0.05) is 12.2 Å². The molecule has 1 aromatic carbocycles. The summed E-state index contributed by atoms with van der Waals surface area (Å²) in [7, 11) is 0. The van der Waals surface area contributed by atoms with Crippen LogP contribution in [-0.2, 0) is 11.2 Å². The molecule has 0 unspecified atom stereocenters. The Kier molecular flexibility index (Phi) is 4.07. The third kappa shape index (κ3) is 2.94. The quantitative estimate of drug-likeness (QED) is 0.814. The highest BCUT2D eigenvalue weighted by molar-refractivity contribution is 5.70. The van der Waals surface area contributed by atoms with Crippen molar-refractivity contribution in [3.05, 3.63) is 29.8 Å². The van der Waals surface area contributed by atoms with E-state index in [0.29, 0.717) is 6.61 Å². The van der Waals surface area contributed by atoms with E-state index in [2.05, 4.69) is 6.92 Å². The fraction of sp³-hybridized carbons (Fsp3) is 0.500. The van der Waals surface area contributed by atoms with E-state index in [0.717, 1.165) is 31.5 Å². The van der Waals surface area contributed by atoms with Crippen molar-refractivity contribution in [2.24, 2.45) is 0 Å². The largest absolute Gasteiger partial charge is 0.447 e. The first kappa shape index (κ1) is 12.7. The van der Waals surface area contributed by atoms with Crippen molar-refractivity contribution in [2.45, 2.75) is 32.2 Å². The van der Waals surface area contributed by atoms with Crippen LogP contribution in [0.3, 0.4) is 0 Å². The fourth-order valence-electron chi connectivity index (χ4n) is 2.19. The summed E-state index contributed by atoms with van der Waals surface area (Å²) in [4.78, 5) is 13.5. The number of rotatable bonds is 5. The number of amides is 1. The van der Waals surface area contributed by atoms with Gasteiger partial charge >= 0.3 is 6.09 Å². The number of hydrogen-bond donors (Lipinski definition) is 1. The fourth-order valence-corrected chi connectivity index (χ4v) is 2.19. The van der Waals surface area contributed by atoms with E-state index in [1.54, 1.807) is 0 Å². The number of carbonyl (C=O) groups excluding carboxylic acids is 1. The van der Waals surface area contributed by atoms with Gasteiger partial charge in [-0.15, -0.1) is 0 Å². The molecule has 1 aliphatic rings. The first-order valence-electron chi connectivity index (χ1n) is 6.48. The molecule has 1 atom stereocenters. The van der Waals surface area contributed by atoms with Crippen LogP contribution in [0.15, 0.2) is 24.3 Å². The minimum Gasteiger partial charge on any atom is -0.447 e. The Morgan fingerprint density at radius 3 is 2.78 bits per heavy atom. The molecule has 4 heteroatoms. The number of benzene rings is 1. The van der Waals surface area contributed by atoms with Crippen LogP contribution >= 0.6 is 0 Å². The van der Waals surface area contributed by atoms with E-state index in [4.69, 9.17) is 10.5 Å². The zero-order valence-corrected chi connectivity index (χ0v) is 10.8. The minimum absolute atomic E-state index is 0.160. The molecule has 1 aromatic rings. The molecule has 0 spiro atoms. The van der Waals surface area contributed by atoms with E-state index in [1.807, 2.05) is 29.2 Å². The highest BCUT2D eigenvalue weighted by atomic mass is 16.6. The Hall–Kier alpha value is -1.71. The monoisotopic (exact) mass is 248 g/mol. The number of anilines is 1. The molecule has 1 saturated heterocycles. The van der Waals surface area contributed by atoms with Crippen molar-refractivity contribution in [1.29, 1.82) is 0 Å². The number of carbonyl (C=O) groups is 1. The van der Waals surface area contributed by atoms with Gasteiger partial charge in [-0.05, 0) is 30.5 Å². The van der Waals surface area contributed by atoms with Crippen LogP contribution in [-0.4, -0.2) is 30.2 Å². The third-order valence-electron chi connectivity index (χ3n) is 3.28. The van der Waals surface area contributed by atoms with Crippen LogP contribution in [0.5, 0.6) is 0 Å². The Balaban J connectivity index is 1.98. The number of nitrogen functional groups attached to an aromatic ring is 1. The molecule has 0 bridgehead atoms. The van der Waals surface area contributed by atoms with Gasteiger partial charge in [0.25, 0.3) is 0 Å². The van der Waals surface area contributed by atoms with Gasteiger partial charge in [0.2, 0.25) is 0 Å². The predicted octanol–water partition coefficient (Wildman–Crippen LogP) is 2.43. The van der Waals surface area contributed by atoms with Gasteiger partial charge in [-0.3, -0.25) is 0 Å². The summed E-state index contributed by atoms with van der Waals surface area (Å²) in [5, 5.41) is 0. The molecule has 98 valence electrons. The van der Waals surface area contributed by atoms with Crippen molar-refractivity contribution in [1.82, 2.24) is 4.90 Å². The number of cyclic esters (lactones) is 1. The molecular formula is C14H20N2O2. The van der Waals surface area contributed by atoms with Crippen LogP contribution in [0.25, 0.3) is 0 Å². The maximum atomic E-state index is 11.6. The highest BCUT2D eigenvalue weighted by Crippen LogP contribution is 2.18. The average molecular weight is 248 g/mol. The van der Waals surface area contributed by atoms with E-state index in [1.165, 1.54) is 5.56 Å². The first-order valence-corrected chi connectivity index (χ1v) is 6.48. The SMILES string of the molecule is CCCCN1C(=O)OC[C@H]1Cc1ccc(N)cc1. The van der Waals surface area contributed by atoms with E-state index in [-0.39, 0.29) is 12.1 Å². The lowest BCUT2D eigenvalue weighted by Gasteiger charge is -2.21.